The number of rotatable bonds is 5. The van der Waals surface area contributed by atoms with Crippen LogP contribution in [0.2, 0.25) is 0 Å². The third kappa shape index (κ3) is 5.59. The fourth-order valence-corrected chi connectivity index (χ4v) is 0.873. The maximum absolute atomic E-state index is 10.6. The summed E-state index contributed by atoms with van der Waals surface area (Å²) in [6.45, 7) is 2.72. The first-order chi connectivity index (χ1) is 4.98. The first-order valence-electron chi connectivity index (χ1n) is 2.75. The van der Waals surface area contributed by atoms with Crippen LogP contribution in [0.1, 0.15) is 0 Å². The van der Waals surface area contributed by atoms with E-state index in [0.29, 0.717) is 0 Å². The van der Waals surface area contributed by atoms with Crippen molar-refractivity contribution in [2.45, 2.75) is 0 Å². The molecule has 1 radical (unpaired) electrons. The predicted molar refractivity (Wildman–Crippen MR) is 37.0 cm³/mol. The molecule has 0 heterocycles. The van der Waals surface area contributed by atoms with Gasteiger partial charge in [0.05, 0.1) is 11.5 Å². The highest BCUT2D eigenvalue weighted by atomic mass is 32.2. The first kappa shape index (κ1) is 10.2. The van der Waals surface area contributed by atoms with Crippen LogP contribution in [0, 0.1) is 17.0 Å². The minimum absolute atomic E-state index is 0.270. The van der Waals surface area contributed by atoms with Crippen LogP contribution in [-0.2, 0) is 14.7 Å². The summed E-state index contributed by atoms with van der Waals surface area (Å²) in [7, 11) is -3.26. The quantitative estimate of drug-likeness (QED) is 0.420. The molecule has 0 spiro atoms. The van der Waals surface area contributed by atoms with Crippen LogP contribution >= 0.6 is 0 Å². The minimum atomic E-state index is -3.26. The monoisotopic (exact) mass is 182 g/mol. The molecule has 65 valence electrons. The van der Waals surface area contributed by atoms with Crippen molar-refractivity contribution in [2.75, 3.05) is 18.1 Å². The standard InChI is InChI=1S/C4H8NO5S/c1-2-11(8,9)4-3-10-5(6)7/h1-4H2. The molecule has 0 aliphatic carbocycles. The van der Waals surface area contributed by atoms with E-state index in [0.717, 1.165) is 0 Å². The topological polar surface area (TPSA) is 86.5 Å². The van der Waals surface area contributed by atoms with Gasteiger partial charge in [0.2, 0.25) is 0 Å². The summed E-state index contributed by atoms with van der Waals surface area (Å²) >= 11 is 0. The summed E-state index contributed by atoms with van der Waals surface area (Å²) in [5.41, 5.74) is 0. The van der Waals surface area contributed by atoms with Gasteiger partial charge >= 0.3 is 0 Å². The molecule has 0 aromatic heterocycles. The summed E-state index contributed by atoms with van der Waals surface area (Å²) in [6.07, 6.45) is 0. The molecule has 0 N–H and O–H groups in total. The zero-order chi connectivity index (χ0) is 8.91. The van der Waals surface area contributed by atoms with Gasteiger partial charge < -0.3 is 4.84 Å². The molecule has 7 heteroatoms. The van der Waals surface area contributed by atoms with Crippen molar-refractivity contribution >= 4 is 9.84 Å². The first-order valence-corrected chi connectivity index (χ1v) is 4.57. The lowest BCUT2D eigenvalue weighted by atomic mass is 10.9. The van der Waals surface area contributed by atoms with Crippen LogP contribution in [0.15, 0.2) is 0 Å². The van der Waals surface area contributed by atoms with Crippen LogP contribution in [0.4, 0.5) is 0 Å². The van der Waals surface area contributed by atoms with Gasteiger partial charge in [0, 0.05) is 0 Å². The second-order valence-corrected chi connectivity index (χ2v) is 4.01. The Kier molecular flexibility index (Phi) is 3.80. The van der Waals surface area contributed by atoms with Crippen molar-refractivity contribution in [3.63, 3.8) is 0 Å². The van der Waals surface area contributed by atoms with Crippen molar-refractivity contribution in [1.29, 1.82) is 0 Å². The molecule has 0 fully saturated rings. The second-order valence-electron chi connectivity index (χ2n) is 1.71. The lowest BCUT2D eigenvalue weighted by Gasteiger charge is -1.98. The Morgan fingerprint density at radius 3 is 2.45 bits per heavy atom. The fourth-order valence-electron chi connectivity index (χ4n) is 0.341. The van der Waals surface area contributed by atoms with Crippen molar-refractivity contribution in [3.8, 4) is 0 Å². The van der Waals surface area contributed by atoms with Crippen LogP contribution < -0.4 is 0 Å². The summed E-state index contributed by atoms with van der Waals surface area (Å²) in [6, 6.07) is 0. The van der Waals surface area contributed by atoms with Gasteiger partial charge in [-0.2, -0.15) is 0 Å². The third-order valence-corrected chi connectivity index (χ3v) is 2.31. The molecule has 0 aromatic rings. The van der Waals surface area contributed by atoms with E-state index in [1.54, 1.807) is 0 Å². The van der Waals surface area contributed by atoms with E-state index in [1.807, 2.05) is 0 Å². The van der Waals surface area contributed by atoms with Gasteiger partial charge in [0.15, 0.2) is 9.84 Å². The van der Waals surface area contributed by atoms with E-state index in [1.165, 1.54) is 0 Å². The van der Waals surface area contributed by atoms with Crippen LogP contribution in [0.5, 0.6) is 0 Å². The van der Waals surface area contributed by atoms with Gasteiger partial charge in [-0.25, -0.2) is 8.42 Å². The maximum atomic E-state index is 10.6. The highest BCUT2D eigenvalue weighted by molar-refractivity contribution is 7.91. The average Bonchev–Trinajstić information content (AvgIpc) is 1.87. The van der Waals surface area contributed by atoms with Crippen molar-refractivity contribution in [3.05, 3.63) is 17.0 Å². The zero-order valence-corrected chi connectivity index (χ0v) is 6.54. The Labute approximate surface area is 64.2 Å². The van der Waals surface area contributed by atoms with E-state index in [-0.39, 0.29) is 11.5 Å². The molecule has 0 rings (SSSR count). The molecule has 0 aliphatic rings. The normalized spacial score (nSPS) is 11.0. The van der Waals surface area contributed by atoms with Gasteiger partial charge in [-0.05, 0) is 6.92 Å². The molecular weight excluding hydrogens is 174 g/mol. The van der Waals surface area contributed by atoms with E-state index in [9.17, 15) is 18.5 Å². The average molecular weight is 182 g/mol. The molecule has 11 heavy (non-hydrogen) atoms. The largest absolute Gasteiger partial charge is 0.313 e. The molecule has 0 saturated carbocycles. The Hall–Kier alpha value is -0.850. The van der Waals surface area contributed by atoms with E-state index < -0.39 is 21.5 Å². The number of sulfone groups is 1. The Balaban J connectivity index is 3.63. The van der Waals surface area contributed by atoms with Crippen molar-refractivity contribution in [1.82, 2.24) is 0 Å². The smallest absolute Gasteiger partial charge is 0.294 e. The summed E-state index contributed by atoms with van der Waals surface area (Å²) in [5, 5.41) is 8.52. The second kappa shape index (κ2) is 4.12. The zero-order valence-electron chi connectivity index (χ0n) is 5.73. The lowest BCUT2D eigenvalue weighted by molar-refractivity contribution is -0.756. The van der Waals surface area contributed by atoms with Crippen molar-refractivity contribution in [2.24, 2.45) is 0 Å². The summed E-state index contributed by atoms with van der Waals surface area (Å²) < 4.78 is 21.2. The van der Waals surface area contributed by atoms with Gasteiger partial charge in [0.25, 0.3) is 5.09 Å². The van der Waals surface area contributed by atoms with Crippen molar-refractivity contribution < 1.29 is 18.3 Å². The van der Waals surface area contributed by atoms with Gasteiger partial charge in [-0.15, -0.1) is 10.1 Å². The van der Waals surface area contributed by atoms with Crippen LogP contribution in [-0.4, -0.2) is 31.6 Å². The van der Waals surface area contributed by atoms with E-state index >= 15 is 0 Å². The molecule has 0 atom stereocenters. The molecule has 0 saturated heterocycles. The SMILES string of the molecule is [CH2]CS(=O)(=O)CCO[N+](=O)[O-]. The molecular formula is C4H8NO5S. The molecule has 0 unspecified atom stereocenters. The summed E-state index contributed by atoms with van der Waals surface area (Å²) in [4.78, 5) is 13.3. The molecule has 0 amide bonds. The number of nitrogens with zero attached hydrogens (tertiary/aromatic N) is 1. The minimum Gasteiger partial charge on any atom is -0.313 e. The van der Waals surface area contributed by atoms with Gasteiger partial charge in [-0.1, -0.05) is 0 Å². The van der Waals surface area contributed by atoms with E-state index in [2.05, 4.69) is 11.8 Å². The fraction of sp³-hybridized carbons (Fsp3) is 0.750. The molecule has 0 aliphatic heterocycles. The molecule has 0 bridgehead atoms. The van der Waals surface area contributed by atoms with Gasteiger partial charge in [-0.3, -0.25) is 0 Å². The Morgan fingerprint density at radius 1 is 1.55 bits per heavy atom. The third-order valence-electron chi connectivity index (χ3n) is 0.902. The molecule has 0 aromatic carbocycles. The number of hydrogen-bond acceptors (Lipinski definition) is 5. The van der Waals surface area contributed by atoms with E-state index in [4.69, 9.17) is 0 Å². The Morgan fingerprint density at radius 2 is 2.09 bits per heavy atom. The Bertz CT molecular complexity index is 221. The highest BCUT2D eigenvalue weighted by Gasteiger charge is 2.07. The number of hydrogen-bond donors (Lipinski definition) is 0. The maximum Gasteiger partial charge on any atom is 0.294 e. The predicted octanol–water partition coefficient (Wildman–Crippen LogP) is -0.556. The molecule has 6 nitrogen and oxygen atoms in total. The van der Waals surface area contributed by atoms with Crippen LogP contribution in [0.3, 0.4) is 0 Å². The van der Waals surface area contributed by atoms with Crippen LogP contribution in [0.25, 0.3) is 0 Å². The summed E-state index contributed by atoms with van der Waals surface area (Å²) in [5.74, 6) is -0.633. The highest BCUT2D eigenvalue weighted by Crippen LogP contribution is 1.88. The lowest BCUT2D eigenvalue weighted by Crippen LogP contribution is -2.16. The van der Waals surface area contributed by atoms with Gasteiger partial charge in [0.1, 0.15) is 6.61 Å².